The number of alkyl halides is 3. The lowest BCUT2D eigenvalue weighted by Crippen LogP contribution is -2.42. The van der Waals surface area contributed by atoms with Crippen molar-refractivity contribution >= 4 is 0 Å². The van der Waals surface area contributed by atoms with Crippen LogP contribution in [0.25, 0.3) is 11.4 Å². The maximum atomic E-state index is 12.7. The van der Waals surface area contributed by atoms with Crippen LogP contribution in [0.3, 0.4) is 0 Å². The number of hydrogen-bond donors (Lipinski definition) is 2. The van der Waals surface area contributed by atoms with Crippen LogP contribution >= 0.6 is 0 Å². The number of H-pyrrole nitrogens is 1. The molecular weight excluding hydrogens is 365 g/mol. The normalized spacial score (nSPS) is 19.3. The van der Waals surface area contributed by atoms with E-state index in [0.717, 1.165) is 61.9 Å². The highest BCUT2D eigenvalue weighted by Gasteiger charge is 2.30. The molecule has 4 nitrogen and oxygen atoms in total. The van der Waals surface area contributed by atoms with Crippen LogP contribution in [0.4, 0.5) is 13.2 Å². The third kappa shape index (κ3) is 4.75. The van der Waals surface area contributed by atoms with E-state index >= 15 is 0 Å². The van der Waals surface area contributed by atoms with Gasteiger partial charge in [0.05, 0.1) is 11.3 Å². The Morgan fingerprint density at radius 2 is 1.79 bits per heavy atom. The molecule has 1 saturated carbocycles. The van der Waals surface area contributed by atoms with E-state index in [-0.39, 0.29) is 0 Å². The van der Waals surface area contributed by atoms with Crippen LogP contribution in [0.2, 0.25) is 0 Å². The molecule has 0 atom stereocenters. The first kappa shape index (κ1) is 19.5. The van der Waals surface area contributed by atoms with E-state index < -0.39 is 11.7 Å². The van der Waals surface area contributed by atoms with Crippen molar-refractivity contribution in [3.63, 3.8) is 0 Å². The van der Waals surface area contributed by atoms with Crippen LogP contribution in [0.1, 0.15) is 42.6 Å². The van der Waals surface area contributed by atoms with Gasteiger partial charge < -0.3 is 10.3 Å². The van der Waals surface area contributed by atoms with Gasteiger partial charge in [0.2, 0.25) is 0 Å². The topological polar surface area (TPSA) is 44.0 Å². The van der Waals surface area contributed by atoms with E-state index in [9.17, 15) is 13.2 Å². The van der Waals surface area contributed by atoms with Crippen LogP contribution in [0.15, 0.2) is 24.3 Å². The first-order valence-corrected chi connectivity index (χ1v) is 10.1. The molecule has 0 bridgehead atoms. The molecule has 2 aromatic rings. The number of nitrogens with zero attached hydrogens (tertiary/aromatic N) is 2. The zero-order valence-corrected chi connectivity index (χ0v) is 16.1. The quantitative estimate of drug-likeness (QED) is 0.767. The molecule has 1 aliphatic heterocycles. The van der Waals surface area contributed by atoms with Gasteiger partial charge in [0.15, 0.2) is 0 Å². The van der Waals surface area contributed by atoms with E-state index in [4.69, 9.17) is 0 Å². The number of benzene rings is 1. The summed E-state index contributed by atoms with van der Waals surface area (Å²) >= 11 is 0. The molecule has 2 heterocycles. The number of imidazole rings is 1. The third-order valence-corrected chi connectivity index (χ3v) is 5.82. The van der Waals surface area contributed by atoms with Gasteiger partial charge >= 0.3 is 6.18 Å². The molecule has 1 aromatic heterocycles. The van der Waals surface area contributed by atoms with Crippen molar-refractivity contribution in [1.82, 2.24) is 20.2 Å². The van der Waals surface area contributed by atoms with Crippen molar-refractivity contribution < 1.29 is 13.2 Å². The van der Waals surface area contributed by atoms with Crippen molar-refractivity contribution in [2.75, 3.05) is 19.6 Å². The summed E-state index contributed by atoms with van der Waals surface area (Å²) in [7, 11) is 0. The molecular formula is C21H27F3N4. The molecule has 2 fully saturated rings. The Hall–Kier alpha value is -1.86. The van der Waals surface area contributed by atoms with E-state index in [2.05, 4.69) is 20.2 Å². The van der Waals surface area contributed by atoms with Crippen LogP contribution in [-0.2, 0) is 12.7 Å². The van der Waals surface area contributed by atoms with E-state index in [1.807, 2.05) is 6.92 Å². The van der Waals surface area contributed by atoms with Crippen molar-refractivity contribution in [3.05, 3.63) is 41.2 Å². The van der Waals surface area contributed by atoms with Crippen LogP contribution in [0, 0.1) is 12.8 Å². The predicted octanol–water partition coefficient (Wildman–Crippen LogP) is 4.37. The smallest absolute Gasteiger partial charge is 0.342 e. The first-order chi connectivity index (χ1) is 13.4. The fourth-order valence-electron chi connectivity index (χ4n) is 3.77. The molecule has 0 unspecified atom stereocenters. The molecule has 1 saturated heterocycles. The highest BCUT2D eigenvalue weighted by Crippen LogP contribution is 2.31. The highest BCUT2D eigenvalue weighted by atomic mass is 19.4. The summed E-state index contributed by atoms with van der Waals surface area (Å²) in [5.74, 6) is 1.54. The standard InChI is InChI=1S/C21H27F3N4/c1-14-19(13-28-10-8-18(9-11-28)25-12-15-2-3-15)27-20(26-14)16-4-6-17(7-5-16)21(22,23)24/h4-7,15,18,25H,2-3,8-13H2,1H3,(H,26,27). The number of rotatable bonds is 6. The second-order valence-electron chi connectivity index (χ2n) is 8.13. The number of halogens is 3. The SMILES string of the molecule is Cc1[nH]c(-c2ccc(C(F)(F)F)cc2)nc1CN1CCC(NCC2CC2)CC1. The maximum absolute atomic E-state index is 12.7. The van der Waals surface area contributed by atoms with Gasteiger partial charge in [-0.3, -0.25) is 4.90 Å². The van der Waals surface area contributed by atoms with Gasteiger partial charge in [-0.1, -0.05) is 12.1 Å². The second kappa shape index (κ2) is 7.87. The van der Waals surface area contributed by atoms with Gasteiger partial charge in [0.25, 0.3) is 0 Å². The summed E-state index contributed by atoms with van der Waals surface area (Å²) in [5, 5.41) is 3.69. The summed E-state index contributed by atoms with van der Waals surface area (Å²) in [4.78, 5) is 10.3. The Kier molecular flexibility index (Phi) is 5.47. The fourth-order valence-corrected chi connectivity index (χ4v) is 3.77. The molecule has 7 heteroatoms. The molecule has 1 aliphatic carbocycles. The van der Waals surface area contributed by atoms with Gasteiger partial charge in [-0.15, -0.1) is 0 Å². The average Bonchev–Trinajstić information content (AvgIpc) is 3.43. The van der Waals surface area contributed by atoms with Crippen LogP contribution < -0.4 is 5.32 Å². The maximum Gasteiger partial charge on any atom is 0.416 e. The number of hydrogen-bond acceptors (Lipinski definition) is 3. The Labute approximate surface area is 163 Å². The summed E-state index contributed by atoms with van der Waals surface area (Å²) < 4.78 is 38.2. The Morgan fingerprint density at radius 3 is 2.39 bits per heavy atom. The summed E-state index contributed by atoms with van der Waals surface area (Å²) in [6.45, 7) is 6.01. The zero-order chi connectivity index (χ0) is 19.7. The Morgan fingerprint density at radius 1 is 1.11 bits per heavy atom. The summed E-state index contributed by atoms with van der Waals surface area (Å²) in [6, 6.07) is 5.78. The molecule has 1 aromatic carbocycles. The fraction of sp³-hybridized carbons (Fsp3) is 0.571. The largest absolute Gasteiger partial charge is 0.416 e. The number of aromatic nitrogens is 2. The zero-order valence-electron chi connectivity index (χ0n) is 16.1. The summed E-state index contributed by atoms with van der Waals surface area (Å²) in [6.07, 6.45) is 0.753. The highest BCUT2D eigenvalue weighted by molar-refractivity contribution is 5.56. The monoisotopic (exact) mass is 392 g/mol. The van der Waals surface area contributed by atoms with Crippen molar-refractivity contribution in [1.29, 1.82) is 0 Å². The minimum atomic E-state index is -4.32. The van der Waals surface area contributed by atoms with Crippen molar-refractivity contribution in [2.45, 2.75) is 51.4 Å². The first-order valence-electron chi connectivity index (χ1n) is 10.1. The number of nitrogens with one attached hydrogen (secondary N) is 2. The lowest BCUT2D eigenvalue weighted by Gasteiger charge is -2.32. The van der Waals surface area contributed by atoms with E-state index in [1.165, 1.54) is 31.5 Å². The molecule has 28 heavy (non-hydrogen) atoms. The van der Waals surface area contributed by atoms with Gasteiger partial charge in [-0.05, 0) is 57.2 Å². The Balaban J connectivity index is 1.34. The van der Waals surface area contributed by atoms with Gasteiger partial charge in [0.1, 0.15) is 5.82 Å². The Bertz CT molecular complexity index is 785. The lowest BCUT2D eigenvalue weighted by atomic mass is 10.0. The number of piperidine rings is 1. The van der Waals surface area contributed by atoms with Crippen LogP contribution in [0.5, 0.6) is 0 Å². The lowest BCUT2D eigenvalue weighted by molar-refractivity contribution is -0.137. The minimum absolute atomic E-state index is 0.625. The number of likely N-dealkylation sites (tertiary alicyclic amines) is 1. The van der Waals surface area contributed by atoms with Gasteiger partial charge in [0, 0.05) is 36.9 Å². The van der Waals surface area contributed by atoms with Gasteiger partial charge in [-0.25, -0.2) is 4.98 Å². The molecule has 2 aliphatic rings. The van der Waals surface area contributed by atoms with Crippen LogP contribution in [-0.4, -0.2) is 40.5 Å². The molecule has 152 valence electrons. The van der Waals surface area contributed by atoms with Crippen molar-refractivity contribution in [2.24, 2.45) is 5.92 Å². The molecule has 4 rings (SSSR count). The van der Waals surface area contributed by atoms with E-state index in [0.29, 0.717) is 17.4 Å². The number of aromatic amines is 1. The molecule has 0 spiro atoms. The average molecular weight is 392 g/mol. The minimum Gasteiger partial charge on any atom is -0.342 e. The van der Waals surface area contributed by atoms with Gasteiger partial charge in [-0.2, -0.15) is 13.2 Å². The number of aryl methyl sites for hydroxylation is 1. The van der Waals surface area contributed by atoms with Crippen molar-refractivity contribution in [3.8, 4) is 11.4 Å². The molecule has 0 amide bonds. The summed E-state index contributed by atoms with van der Waals surface area (Å²) in [5.41, 5.74) is 1.98. The molecule has 2 N–H and O–H groups in total. The predicted molar refractivity (Wildman–Crippen MR) is 103 cm³/mol. The molecule has 0 radical (unpaired) electrons. The van der Waals surface area contributed by atoms with E-state index in [1.54, 1.807) is 0 Å². The third-order valence-electron chi connectivity index (χ3n) is 5.82. The second-order valence-corrected chi connectivity index (χ2v) is 8.13.